The molecule has 3 aromatic rings. The van der Waals surface area contributed by atoms with Gasteiger partial charge in [-0.2, -0.15) is 0 Å². The van der Waals surface area contributed by atoms with Crippen molar-refractivity contribution in [3.8, 4) is 23.8 Å². The molecule has 1 atom stereocenters. The summed E-state index contributed by atoms with van der Waals surface area (Å²) in [5.74, 6) is 2.35. The number of aromatic nitrogens is 1. The number of thiazole rings is 1. The SMILES string of the molecule is C#Cc1nc(C(=O)N(c2cc(OC)cc(OC)c2)C2CC(C)(C)N(Cc3ccc(F)cc3)C2=O)cs1. The first-order chi connectivity index (χ1) is 17.2. The van der Waals surface area contributed by atoms with Gasteiger partial charge in [-0.1, -0.05) is 12.1 Å². The molecule has 0 bridgehead atoms. The lowest BCUT2D eigenvalue weighted by Gasteiger charge is -2.31. The van der Waals surface area contributed by atoms with Crippen LogP contribution in [0.2, 0.25) is 0 Å². The van der Waals surface area contributed by atoms with Crippen LogP contribution in [-0.2, 0) is 11.3 Å². The third kappa shape index (κ3) is 4.90. The summed E-state index contributed by atoms with van der Waals surface area (Å²) in [5, 5.41) is 1.96. The molecular weight excluding hydrogens is 481 g/mol. The highest BCUT2D eigenvalue weighted by molar-refractivity contribution is 7.10. The number of methoxy groups -OCH3 is 2. The Labute approximate surface area is 213 Å². The summed E-state index contributed by atoms with van der Waals surface area (Å²) >= 11 is 1.18. The average molecular weight is 508 g/mol. The van der Waals surface area contributed by atoms with Crippen LogP contribution in [0, 0.1) is 18.2 Å². The van der Waals surface area contributed by atoms with Crippen molar-refractivity contribution >= 4 is 28.8 Å². The fourth-order valence-electron chi connectivity index (χ4n) is 4.35. The van der Waals surface area contributed by atoms with Crippen molar-refractivity contribution in [2.75, 3.05) is 19.1 Å². The zero-order valence-corrected chi connectivity index (χ0v) is 21.3. The van der Waals surface area contributed by atoms with Gasteiger partial charge in [0.25, 0.3) is 5.91 Å². The van der Waals surface area contributed by atoms with Crippen molar-refractivity contribution in [1.29, 1.82) is 0 Å². The van der Waals surface area contributed by atoms with Gasteiger partial charge in [0.2, 0.25) is 5.91 Å². The van der Waals surface area contributed by atoms with E-state index < -0.39 is 17.5 Å². The number of ether oxygens (including phenoxy) is 2. The molecule has 9 heteroatoms. The van der Waals surface area contributed by atoms with E-state index in [1.54, 1.807) is 40.6 Å². The fourth-order valence-corrected chi connectivity index (χ4v) is 4.94. The molecule has 2 amide bonds. The quantitative estimate of drug-likeness (QED) is 0.440. The number of terminal acetylenes is 1. The summed E-state index contributed by atoms with van der Waals surface area (Å²) in [6, 6.07) is 10.3. The maximum atomic E-state index is 13.9. The standard InChI is InChI=1S/C27H26FN3O4S/c1-6-24-29-22(16-36-24)25(32)31(19-11-20(34-4)13-21(12-19)35-5)23-14-27(2,3)30(26(23)33)15-17-7-9-18(28)10-8-17/h1,7-13,16,23H,14-15H2,2-5H3. The first-order valence-corrected chi connectivity index (χ1v) is 12.1. The Morgan fingerprint density at radius 3 is 2.42 bits per heavy atom. The Balaban J connectivity index is 1.77. The Kier molecular flexibility index (Phi) is 7.00. The highest BCUT2D eigenvalue weighted by atomic mass is 32.1. The monoisotopic (exact) mass is 507 g/mol. The number of hydrogen-bond donors (Lipinski definition) is 0. The van der Waals surface area contributed by atoms with Gasteiger partial charge in [-0.15, -0.1) is 17.8 Å². The summed E-state index contributed by atoms with van der Waals surface area (Å²) < 4.78 is 24.2. The number of likely N-dealkylation sites (tertiary alicyclic amines) is 1. The van der Waals surface area contributed by atoms with E-state index in [2.05, 4.69) is 10.9 Å². The Morgan fingerprint density at radius 2 is 1.86 bits per heavy atom. The molecule has 1 fully saturated rings. The van der Waals surface area contributed by atoms with Crippen LogP contribution in [0.1, 0.15) is 41.3 Å². The Morgan fingerprint density at radius 1 is 1.22 bits per heavy atom. The Hall–Kier alpha value is -3.90. The Bertz CT molecular complexity index is 1310. The van der Waals surface area contributed by atoms with Crippen LogP contribution in [0.15, 0.2) is 47.8 Å². The van der Waals surface area contributed by atoms with Crippen molar-refractivity contribution in [2.24, 2.45) is 0 Å². The molecule has 1 unspecified atom stereocenters. The lowest BCUT2D eigenvalue weighted by atomic mass is 9.98. The van der Waals surface area contributed by atoms with Gasteiger partial charge in [-0.25, -0.2) is 9.37 Å². The van der Waals surface area contributed by atoms with Crippen LogP contribution in [-0.4, -0.2) is 47.5 Å². The van der Waals surface area contributed by atoms with Crippen molar-refractivity contribution in [3.05, 3.63) is 69.9 Å². The number of rotatable bonds is 7. The van der Waals surface area contributed by atoms with Gasteiger partial charge in [0.1, 0.15) is 29.1 Å². The number of nitrogens with zero attached hydrogens (tertiary/aromatic N) is 3. The smallest absolute Gasteiger partial charge is 0.278 e. The summed E-state index contributed by atoms with van der Waals surface area (Å²) in [6.07, 6.45) is 5.83. The van der Waals surface area contributed by atoms with Gasteiger partial charge in [0.15, 0.2) is 5.01 Å². The van der Waals surface area contributed by atoms with Crippen LogP contribution >= 0.6 is 11.3 Å². The molecule has 0 aliphatic carbocycles. The first-order valence-electron chi connectivity index (χ1n) is 11.2. The molecule has 36 heavy (non-hydrogen) atoms. The van der Waals surface area contributed by atoms with Crippen molar-refractivity contribution in [1.82, 2.24) is 9.88 Å². The van der Waals surface area contributed by atoms with Crippen molar-refractivity contribution in [2.45, 2.75) is 38.4 Å². The normalized spacial score (nSPS) is 16.5. The number of halogens is 1. The van der Waals surface area contributed by atoms with Gasteiger partial charge < -0.3 is 14.4 Å². The van der Waals surface area contributed by atoms with E-state index in [0.717, 1.165) is 5.56 Å². The summed E-state index contributed by atoms with van der Waals surface area (Å²) in [7, 11) is 3.03. The third-order valence-corrected chi connectivity index (χ3v) is 6.99. The maximum Gasteiger partial charge on any atom is 0.278 e. The number of carbonyl (C=O) groups excluding carboxylic acids is 2. The predicted octanol–water partition coefficient (Wildman–Crippen LogP) is 4.51. The van der Waals surface area contributed by atoms with E-state index in [1.807, 2.05) is 13.8 Å². The second-order valence-electron chi connectivity index (χ2n) is 9.01. The molecule has 1 saturated heterocycles. The number of anilines is 1. The molecule has 1 aliphatic heterocycles. The number of carbonyl (C=O) groups is 2. The minimum Gasteiger partial charge on any atom is -0.497 e. The summed E-state index contributed by atoms with van der Waals surface area (Å²) in [4.78, 5) is 35.1. The van der Waals surface area contributed by atoms with Gasteiger partial charge in [0, 0.05) is 35.7 Å². The van der Waals surface area contributed by atoms with Gasteiger partial charge in [-0.05, 0) is 43.9 Å². The maximum absolute atomic E-state index is 13.9. The van der Waals surface area contributed by atoms with E-state index in [1.165, 1.54) is 42.6 Å². The van der Waals surface area contributed by atoms with Gasteiger partial charge in [-0.3, -0.25) is 14.5 Å². The molecular formula is C27H26FN3O4S. The highest BCUT2D eigenvalue weighted by Crippen LogP contribution is 2.38. The van der Waals surface area contributed by atoms with Crippen LogP contribution in [0.4, 0.5) is 10.1 Å². The third-order valence-electron chi connectivity index (χ3n) is 6.22. The largest absolute Gasteiger partial charge is 0.497 e. The number of amides is 2. The lowest BCUT2D eigenvalue weighted by Crippen LogP contribution is -2.46. The van der Waals surface area contributed by atoms with Crippen LogP contribution < -0.4 is 14.4 Å². The summed E-state index contributed by atoms with van der Waals surface area (Å²) in [6.45, 7) is 4.18. The van der Waals surface area contributed by atoms with Gasteiger partial charge >= 0.3 is 0 Å². The number of benzene rings is 2. The van der Waals surface area contributed by atoms with E-state index in [0.29, 0.717) is 28.6 Å². The first kappa shape index (κ1) is 25.2. The molecule has 0 N–H and O–H groups in total. The minimum atomic E-state index is -0.819. The van der Waals surface area contributed by atoms with Crippen molar-refractivity contribution in [3.63, 3.8) is 0 Å². The average Bonchev–Trinajstić information content (AvgIpc) is 3.44. The molecule has 2 aromatic carbocycles. The van der Waals surface area contributed by atoms with E-state index in [-0.39, 0.29) is 24.0 Å². The minimum absolute atomic E-state index is 0.150. The van der Waals surface area contributed by atoms with Gasteiger partial charge in [0.05, 0.1) is 19.9 Å². The number of hydrogen-bond acceptors (Lipinski definition) is 6. The van der Waals surface area contributed by atoms with E-state index >= 15 is 0 Å². The molecule has 0 saturated carbocycles. The second kappa shape index (κ2) is 9.99. The van der Waals surface area contributed by atoms with Crippen LogP contribution in [0.25, 0.3) is 0 Å². The predicted molar refractivity (Wildman–Crippen MR) is 136 cm³/mol. The summed E-state index contributed by atoms with van der Waals surface area (Å²) in [5.41, 5.74) is 0.795. The zero-order chi connectivity index (χ0) is 26.0. The molecule has 1 aromatic heterocycles. The van der Waals surface area contributed by atoms with E-state index in [4.69, 9.17) is 15.9 Å². The molecule has 186 valence electrons. The highest BCUT2D eigenvalue weighted by Gasteiger charge is 2.49. The van der Waals surface area contributed by atoms with Crippen LogP contribution in [0.3, 0.4) is 0 Å². The molecule has 1 aliphatic rings. The topological polar surface area (TPSA) is 72.0 Å². The lowest BCUT2D eigenvalue weighted by molar-refractivity contribution is -0.132. The molecule has 7 nitrogen and oxygen atoms in total. The zero-order valence-electron chi connectivity index (χ0n) is 20.4. The van der Waals surface area contributed by atoms with Crippen LogP contribution in [0.5, 0.6) is 11.5 Å². The van der Waals surface area contributed by atoms with E-state index in [9.17, 15) is 14.0 Å². The molecule has 2 heterocycles. The molecule has 0 spiro atoms. The second-order valence-corrected chi connectivity index (χ2v) is 9.87. The van der Waals surface area contributed by atoms with Crippen molar-refractivity contribution < 1.29 is 23.5 Å². The molecule has 0 radical (unpaired) electrons. The molecule has 4 rings (SSSR count). The fraction of sp³-hybridized carbons (Fsp3) is 0.296.